The molecule has 3 aromatic rings. The lowest BCUT2D eigenvalue weighted by Crippen LogP contribution is -2.38. The highest BCUT2D eigenvalue weighted by Crippen LogP contribution is 2.38. The van der Waals surface area contributed by atoms with Gasteiger partial charge in [-0.15, -0.1) is 0 Å². The summed E-state index contributed by atoms with van der Waals surface area (Å²) in [7, 11) is -2.68. The van der Waals surface area contributed by atoms with E-state index in [9.17, 15) is 13.2 Å². The first-order chi connectivity index (χ1) is 17.4. The number of amides is 1. The lowest BCUT2D eigenvalue weighted by atomic mass is 10.1. The third-order valence-corrected chi connectivity index (χ3v) is 7.49. The Hall–Kier alpha value is -4.15. The second-order valence-corrected chi connectivity index (χ2v) is 10.1. The SMILES string of the molecule is COc1cc(C=C2C(=N)N3C(c4ccccc4)=CSC3=NC2=O)ccc1OS(=O)(=O)c1ccccc1. The number of carbonyl (C=O) groups excluding carboxylic acids is 1. The summed E-state index contributed by atoms with van der Waals surface area (Å²) in [6.07, 6.45) is 1.52. The summed E-state index contributed by atoms with van der Waals surface area (Å²) in [5, 5.41) is 11.0. The number of fused-ring (bicyclic) bond motifs is 1. The van der Waals surface area contributed by atoms with Crippen molar-refractivity contribution in [2.24, 2.45) is 4.99 Å². The van der Waals surface area contributed by atoms with Crippen LogP contribution in [0.5, 0.6) is 11.5 Å². The van der Waals surface area contributed by atoms with Gasteiger partial charge < -0.3 is 8.92 Å². The van der Waals surface area contributed by atoms with Gasteiger partial charge in [0.15, 0.2) is 16.7 Å². The highest BCUT2D eigenvalue weighted by atomic mass is 32.2. The third-order valence-electron chi connectivity index (χ3n) is 5.41. The number of carbonyl (C=O) groups is 1. The van der Waals surface area contributed by atoms with Crippen molar-refractivity contribution in [3.8, 4) is 11.5 Å². The Morgan fingerprint density at radius 3 is 2.36 bits per heavy atom. The molecule has 0 saturated carbocycles. The molecular weight excluding hydrogens is 498 g/mol. The van der Waals surface area contributed by atoms with E-state index in [1.807, 2.05) is 35.7 Å². The maximum absolute atomic E-state index is 12.8. The van der Waals surface area contributed by atoms with E-state index in [0.717, 1.165) is 11.3 Å². The molecule has 0 bridgehead atoms. The molecule has 2 aliphatic rings. The number of aliphatic imine (C=N–C) groups is 1. The van der Waals surface area contributed by atoms with Gasteiger partial charge in [0.1, 0.15) is 10.7 Å². The number of ether oxygens (including phenoxy) is 1. The molecule has 0 saturated heterocycles. The van der Waals surface area contributed by atoms with Gasteiger partial charge in [0.05, 0.1) is 18.4 Å². The highest BCUT2D eigenvalue weighted by molar-refractivity contribution is 8.17. The van der Waals surface area contributed by atoms with Crippen molar-refractivity contribution in [2.75, 3.05) is 7.11 Å². The van der Waals surface area contributed by atoms with Crippen molar-refractivity contribution >= 4 is 50.6 Å². The molecule has 2 aliphatic heterocycles. The molecule has 0 aliphatic carbocycles. The summed E-state index contributed by atoms with van der Waals surface area (Å²) >= 11 is 1.29. The number of nitrogens with zero attached hydrogens (tertiary/aromatic N) is 2. The van der Waals surface area contributed by atoms with Crippen LogP contribution in [0.1, 0.15) is 11.1 Å². The zero-order valence-electron chi connectivity index (χ0n) is 18.9. The minimum atomic E-state index is -4.06. The number of amidine groups is 2. The number of methoxy groups -OCH3 is 1. The van der Waals surface area contributed by atoms with E-state index in [1.54, 1.807) is 29.2 Å². The van der Waals surface area contributed by atoms with Crippen molar-refractivity contribution < 1.29 is 22.1 Å². The molecule has 180 valence electrons. The molecule has 1 amide bonds. The van der Waals surface area contributed by atoms with Crippen molar-refractivity contribution in [3.63, 3.8) is 0 Å². The smallest absolute Gasteiger partial charge is 0.339 e. The maximum atomic E-state index is 12.8. The molecule has 0 unspecified atom stereocenters. The summed E-state index contributed by atoms with van der Waals surface area (Å²) in [6.45, 7) is 0. The van der Waals surface area contributed by atoms with Gasteiger partial charge in [-0.3, -0.25) is 15.1 Å². The second kappa shape index (κ2) is 9.48. The zero-order chi connectivity index (χ0) is 25.3. The van der Waals surface area contributed by atoms with Crippen molar-refractivity contribution in [1.82, 2.24) is 4.90 Å². The molecule has 5 rings (SSSR count). The van der Waals surface area contributed by atoms with Gasteiger partial charge in [0, 0.05) is 5.41 Å². The standard InChI is InChI=1S/C26H19N3O5S2/c1-33-23-15-17(12-13-22(23)34-36(31,32)19-10-6-3-7-11-19)14-20-24(27)29-21(18-8-4-2-5-9-18)16-35-26(29)28-25(20)30/h2-16,27H,1H3. The third kappa shape index (κ3) is 4.43. The molecule has 3 aromatic carbocycles. The van der Waals surface area contributed by atoms with Crippen molar-refractivity contribution in [1.29, 1.82) is 5.41 Å². The van der Waals surface area contributed by atoms with E-state index in [4.69, 9.17) is 14.3 Å². The average molecular weight is 518 g/mol. The Morgan fingerprint density at radius 2 is 1.67 bits per heavy atom. The monoisotopic (exact) mass is 517 g/mol. The van der Waals surface area contributed by atoms with Crippen molar-refractivity contribution in [2.45, 2.75) is 4.90 Å². The van der Waals surface area contributed by atoms with Crippen LogP contribution in [0, 0.1) is 5.41 Å². The summed E-state index contributed by atoms with van der Waals surface area (Å²) < 4.78 is 35.9. The first-order valence-corrected chi connectivity index (χ1v) is 13.0. The molecule has 0 spiro atoms. The van der Waals surface area contributed by atoms with Crippen LogP contribution in [0.15, 0.2) is 99.7 Å². The van der Waals surface area contributed by atoms with E-state index in [1.165, 1.54) is 49.2 Å². The lowest BCUT2D eigenvalue weighted by Gasteiger charge is -2.27. The molecule has 0 radical (unpaired) electrons. The normalized spacial score (nSPS) is 16.5. The maximum Gasteiger partial charge on any atom is 0.339 e. The van der Waals surface area contributed by atoms with Crippen LogP contribution in [0.25, 0.3) is 11.8 Å². The van der Waals surface area contributed by atoms with E-state index in [0.29, 0.717) is 10.7 Å². The molecule has 10 heteroatoms. The van der Waals surface area contributed by atoms with Crippen LogP contribution in [0.4, 0.5) is 0 Å². The number of hydrogen-bond acceptors (Lipinski definition) is 7. The fraction of sp³-hybridized carbons (Fsp3) is 0.0385. The Balaban J connectivity index is 1.45. The Kier molecular flexibility index (Phi) is 6.21. The summed E-state index contributed by atoms with van der Waals surface area (Å²) in [6, 6.07) is 21.9. The second-order valence-electron chi connectivity index (χ2n) is 7.69. The molecule has 8 nitrogen and oxygen atoms in total. The van der Waals surface area contributed by atoms with Gasteiger partial charge in [-0.05, 0) is 41.5 Å². The van der Waals surface area contributed by atoms with Gasteiger partial charge >= 0.3 is 10.1 Å². The molecule has 1 N–H and O–H groups in total. The van der Waals surface area contributed by atoms with Gasteiger partial charge in [0.2, 0.25) is 0 Å². The number of thioether (sulfide) groups is 1. The Morgan fingerprint density at radius 1 is 0.972 bits per heavy atom. The topological polar surface area (TPSA) is 109 Å². The molecule has 0 atom stereocenters. The fourth-order valence-corrected chi connectivity index (χ4v) is 5.53. The first kappa shape index (κ1) is 23.6. The van der Waals surface area contributed by atoms with E-state index >= 15 is 0 Å². The summed E-state index contributed by atoms with van der Waals surface area (Å²) in [4.78, 5) is 18.6. The average Bonchev–Trinajstić information content (AvgIpc) is 3.32. The molecule has 0 aromatic heterocycles. The minimum Gasteiger partial charge on any atom is -0.493 e. The van der Waals surface area contributed by atoms with Gasteiger partial charge in [-0.25, -0.2) is 0 Å². The predicted molar refractivity (Wildman–Crippen MR) is 139 cm³/mol. The molecular formula is C26H19N3O5S2. The van der Waals surface area contributed by atoms with Crippen LogP contribution >= 0.6 is 11.8 Å². The molecule has 0 fully saturated rings. The van der Waals surface area contributed by atoms with Crippen LogP contribution in [0.2, 0.25) is 0 Å². The van der Waals surface area contributed by atoms with E-state index in [2.05, 4.69) is 4.99 Å². The van der Waals surface area contributed by atoms with Gasteiger partial charge in [-0.1, -0.05) is 66.4 Å². The van der Waals surface area contributed by atoms with Gasteiger partial charge in [0.25, 0.3) is 5.91 Å². The Bertz CT molecular complexity index is 1560. The zero-order valence-corrected chi connectivity index (χ0v) is 20.5. The lowest BCUT2D eigenvalue weighted by molar-refractivity contribution is -0.114. The molecule has 2 heterocycles. The summed E-state index contributed by atoms with van der Waals surface area (Å²) in [5.41, 5.74) is 2.27. The molecule has 36 heavy (non-hydrogen) atoms. The quantitative estimate of drug-likeness (QED) is 0.371. The largest absolute Gasteiger partial charge is 0.493 e. The van der Waals surface area contributed by atoms with Crippen LogP contribution in [-0.2, 0) is 14.9 Å². The van der Waals surface area contributed by atoms with Gasteiger partial charge in [-0.2, -0.15) is 13.4 Å². The number of hydrogen-bond donors (Lipinski definition) is 1. The first-order valence-electron chi connectivity index (χ1n) is 10.7. The minimum absolute atomic E-state index is 0.000836. The number of rotatable bonds is 6. The van der Waals surface area contributed by atoms with E-state index in [-0.39, 0.29) is 27.8 Å². The summed E-state index contributed by atoms with van der Waals surface area (Å²) in [5.74, 6) is -0.382. The van der Waals surface area contributed by atoms with Crippen LogP contribution < -0.4 is 8.92 Å². The number of benzene rings is 3. The highest BCUT2D eigenvalue weighted by Gasteiger charge is 2.36. The van der Waals surface area contributed by atoms with E-state index < -0.39 is 16.0 Å². The fourth-order valence-electron chi connectivity index (χ4n) is 3.68. The Labute approximate surface area is 212 Å². The van der Waals surface area contributed by atoms with Crippen molar-refractivity contribution in [3.05, 3.63) is 101 Å². The number of nitrogens with one attached hydrogen (secondary N) is 1. The van der Waals surface area contributed by atoms with Crippen LogP contribution in [0.3, 0.4) is 0 Å². The van der Waals surface area contributed by atoms with Crippen LogP contribution in [-0.4, -0.2) is 37.3 Å². The predicted octanol–water partition coefficient (Wildman–Crippen LogP) is 4.77.